The van der Waals surface area contributed by atoms with Gasteiger partial charge in [0.05, 0.1) is 28.2 Å². The van der Waals surface area contributed by atoms with Crippen molar-refractivity contribution in [2.75, 3.05) is 9.80 Å². The first-order valence-electron chi connectivity index (χ1n) is 23.8. The zero-order valence-electron chi connectivity index (χ0n) is 38.8. The number of para-hydroxylation sites is 5. The maximum absolute atomic E-state index is 13.0. The minimum atomic E-state index is -4.79. The van der Waals surface area contributed by atoms with Crippen LogP contribution in [0.15, 0.2) is 235 Å². The zero-order valence-corrected chi connectivity index (χ0v) is 38.8. The highest BCUT2D eigenvalue weighted by atomic mass is 19.4. The SMILES string of the molecule is FC(F)(F)Oc1ccc(-c2ccc(N3c4ccccc4C4(c5ccccc53)c3ccccc3N(c3ccc(-c5ccc(OC(F)(F)F)cc5)cc3)c3ccc(-c5cccc6c5oc5ccccc56)cc34)cc2)cc1. The van der Waals surface area contributed by atoms with Crippen LogP contribution >= 0.6 is 0 Å². The lowest BCUT2D eigenvalue weighted by atomic mass is 9.60. The Morgan fingerprint density at radius 3 is 1.22 bits per heavy atom. The predicted octanol–water partition coefficient (Wildman–Crippen LogP) is 18.3. The summed E-state index contributed by atoms with van der Waals surface area (Å²) in [6, 6.07) is 74.2. The third-order valence-corrected chi connectivity index (χ3v) is 14.1. The van der Waals surface area contributed by atoms with E-state index >= 15 is 0 Å². The number of alkyl halides is 6. The van der Waals surface area contributed by atoms with Crippen molar-refractivity contribution < 1.29 is 40.2 Å². The maximum Gasteiger partial charge on any atom is 0.573 e. The lowest BCUT2D eigenvalue weighted by Gasteiger charge is -2.51. The molecule has 74 heavy (non-hydrogen) atoms. The van der Waals surface area contributed by atoms with Gasteiger partial charge in [-0.2, -0.15) is 0 Å². The van der Waals surface area contributed by atoms with Crippen molar-refractivity contribution >= 4 is 56.1 Å². The van der Waals surface area contributed by atoms with E-state index in [0.717, 1.165) is 112 Å². The van der Waals surface area contributed by atoms with Crippen LogP contribution in [0.25, 0.3) is 55.3 Å². The Hall–Kier alpha value is -9.22. The van der Waals surface area contributed by atoms with Gasteiger partial charge in [-0.3, -0.25) is 0 Å². The molecule has 0 aliphatic carbocycles. The molecule has 0 bridgehead atoms. The first-order valence-corrected chi connectivity index (χ1v) is 23.8. The number of rotatable bonds is 7. The van der Waals surface area contributed by atoms with E-state index < -0.39 is 18.1 Å². The monoisotopic (exact) mass is 984 g/mol. The van der Waals surface area contributed by atoms with Gasteiger partial charge in [-0.15, -0.1) is 26.3 Å². The van der Waals surface area contributed by atoms with Crippen LogP contribution in [0.3, 0.4) is 0 Å². The smallest absolute Gasteiger partial charge is 0.455 e. The number of anilines is 6. The van der Waals surface area contributed by atoms with Crippen LogP contribution < -0.4 is 19.3 Å². The molecule has 2 aliphatic heterocycles. The fourth-order valence-electron chi connectivity index (χ4n) is 11.1. The van der Waals surface area contributed by atoms with Crippen LogP contribution in [0, 0.1) is 0 Å². The van der Waals surface area contributed by atoms with Crippen molar-refractivity contribution in [3.63, 3.8) is 0 Å². The molecule has 1 aromatic heterocycles. The molecule has 360 valence electrons. The summed E-state index contributed by atoms with van der Waals surface area (Å²) >= 11 is 0. The maximum atomic E-state index is 13.0. The van der Waals surface area contributed by atoms with Gasteiger partial charge >= 0.3 is 12.7 Å². The van der Waals surface area contributed by atoms with E-state index in [9.17, 15) is 26.3 Å². The average Bonchev–Trinajstić information content (AvgIpc) is 3.81. The molecule has 0 amide bonds. The summed E-state index contributed by atoms with van der Waals surface area (Å²) in [6.45, 7) is 0. The molecule has 13 rings (SSSR count). The lowest BCUT2D eigenvalue weighted by Crippen LogP contribution is -2.42. The number of benzene rings is 10. The van der Waals surface area contributed by atoms with Crippen LogP contribution in [0.1, 0.15) is 22.3 Å². The number of halogens is 6. The number of hydrogen-bond donors (Lipinski definition) is 0. The molecule has 2 aliphatic rings. The van der Waals surface area contributed by atoms with Gasteiger partial charge in [-0.1, -0.05) is 146 Å². The van der Waals surface area contributed by atoms with E-state index in [0.29, 0.717) is 0 Å². The largest absolute Gasteiger partial charge is 0.573 e. The molecule has 0 atom stereocenters. The van der Waals surface area contributed by atoms with Crippen molar-refractivity contribution in [1.82, 2.24) is 0 Å². The molecule has 11 aromatic rings. The molecule has 0 N–H and O–H groups in total. The summed E-state index contributed by atoms with van der Waals surface area (Å²) in [5.41, 5.74) is 15.5. The van der Waals surface area contributed by atoms with Crippen molar-refractivity contribution in [2.45, 2.75) is 18.1 Å². The third kappa shape index (κ3) is 7.41. The normalized spacial score (nSPS) is 13.6. The van der Waals surface area contributed by atoms with Gasteiger partial charge in [0.1, 0.15) is 22.7 Å². The molecule has 0 fully saturated rings. The van der Waals surface area contributed by atoms with Crippen molar-refractivity contribution in [3.05, 3.63) is 253 Å². The van der Waals surface area contributed by atoms with E-state index in [-0.39, 0.29) is 11.5 Å². The Morgan fingerprint density at radius 1 is 0.351 bits per heavy atom. The molecule has 10 aromatic carbocycles. The predicted molar refractivity (Wildman–Crippen MR) is 278 cm³/mol. The fraction of sp³-hybridized carbons (Fsp3) is 0.0476. The zero-order chi connectivity index (χ0) is 50.3. The summed E-state index contributed by atoms with van der Waals surface area (Å²) < 4.78 is 92.8. The molecule has 0 radical (unpaired) electrons. The van der Waals surface area contributed by atoms with Crippen molar-refractivity contribution in [3.8, 4) is 44.9 Å². The molecule has 3 heterocycles. The van der Waals surface area contributed by atoms with E-state index in [1.165, 1.54) is 24.3 Å². The highest BCUT2D eigenvalue weighted by molar-refractivity contribution is 6.10. The van der Waals surface area contributed by atoms with E-state index in [1.54, 1.807) is 24.3 Å². The number of nitrogens with zero attached hydrogens (tertiary/aromatic N) is 2. The topological polar surface area (TPSA) is 38.1 Å². The lowest BCUT2D eigenvalue weighted by molar-refractivity contribution is -0.275. The highest BCUT2D eigenvalue weighted by Crippen LogP contribution is 2.64. The van der Waals surface area contributed by atoms with Crippen LogP contribution in [-0.4, -0.2) is 12.7 Å². The second-order valence-electron chi connectivity index (χ2n) is 18.2. The number of hydrogen-bond acceptors (Lipinski definition) is 5. The molecule has 0 saturated carbocycles. The van der Waals surface area contributed by atoms with Gasteiger partial charge in [0.15, 0.2) is 0 Å². The number of furan rings is 1. The van der Waals surface area contributed by atoms with Gasteiger partial charge in [0, 0.05) is 27.7 Å². The van der Waals surface area contributed by atoms with Crippen LogP contribution in [-0.2, 0) is 5.41 Å². The van der Waals surface area contributed by atoms with Gasteiger partial charge in [0.25, 0.3) is 0 Å². The minimum absolute atomic E-state index is 0.287. The number of fused-ring (bicyclic) bond motifs is 11. The first-order chi connectivity index (χ1) is 35.9. The summed E-state index contributed by atoms with van der Waals surface area (Å²) in [6.07, 6.45) is -9.58. The quantitative estimate of drug-likeness (QED) is 0.149. The van der Waals surface area contributed by atoms with Crippen molar-refractivity contribution in [1.29, 1.82) is 0 Å². The first kappa shape index (κ1) is 44.7. The Kier molecular flexibility index (Phi) is 10.2. The molecular weight excluding hydrogens is 947 g/mol. The Morgan fingerprint density at radius 2 is 0.743 bits per heavy atom. The Balaban J connectivity index is 0.995. The van der Waals surface area contributed by atoms with Crippen LogP contribution in [0.5, 0.6) is 11.5 Å². The molecule has 0 saturated heterocycles. The fourth-order valence-corrected chi connectivity index (χ4v) is 11.1. The van der Waals surface area contributed by atoms with E-state index in [1.807, 2.05) is 84.9 Å². The summed E-state index contributed by atoms with van der Waals surface area (Å²) in [5, 5.41) is 2.05. The molecule has 1 spiro atoms. The Bertz CT molecular complexity index is 3840. The van der Waals surface area contributed by atoms with Gasteiger partial charge in [-0.05, 0) is 135 Å². The minimum Gasteiger partial charge on any atom is -0.455 e. The Labute approximate surface area is 420 Å². The van der Waals surface area contributed by atoms with Gasteiger partial charge in [-0.25, -0.2) is 0 Å². The third-order valence-electron chi connectivity index (χ3n) is 14.1. The summed E-state index contributed by atoms with van der Waals surface area (Å²) in [7, 11) is 0. The van der Waals surface area contributed by atoms with Crippen LogP contribution in [0.4, 0.5) is 60.5 Å². The van der Waals surface area contributed by atoms with E-state index in [2.05, 4.69) is 116 Å². The number of ether oxygens (including phenoxy) is 2. The molecular formula is C63H38F6N2O3. The van der Waals surface area contributed by atoms with Gasteiger partial charge < -0.3 is 23.7 Å². The highest BCUT2D eigenvalue weighted by Gasteiger charge is 2.52. The van der Waals surface area contributed by atoms with E-state index in [4.69, 9.17) is 4.42 Å². The summed E-state index contributed by atoms with van der Waals surface area (Å²) in [4.78, 5) is 4.55. The molecule has 5 nitrogen and oxygen atoms in total. The average molecular weight is 985 g/mol. The van der Waals surface area contributed by atoms with Crippen LogP contribution in [0.2, 0.25) is 0 Å². The summed E-state index contributed by atoms with van der Waals surface area (Å²) in [5.74, 6) is -0.577. The molecule has 0 unspecified atom stereocenters. The van der Waals surface area contributed by atoms with Crippen molar-refractivity contribution in [2.24, 2.45) is 0 Å². The van der Waals surface area contributed by atoms with Gasteiger partial charge in [0.2, 0.25) is 0 Å². The molecule has 11 heteroatoms. The second-order valence-corrected chi connectivity index (χ2v) is 18.2. The standard InChI is InChI=1S/C63H38F6N2O3/c64-62(65,66)73-46-33-24-41(25-34-46)39-20-29-44(30-21-39)70-55-16-5-2-13-51(55)61(52-14-3-6-17-56(52)70)53-15-4-7-18-57(53)71(45-31-22-40(23-32-45)42-26-35-47(36-27-42)74-63(67,68)69)58-37-28-43(38-54(58)61)48-11-9-12-50-49-10-1-8-19-59(49)72-60(48)50/h1-38H. The second kappa shape index (κ2) is 17.0.